The molecule has 0 spiro atoms. The number of rotatable bonds is 6. The molecule has 2 aliphatic rings. The molecule has 2 heterocycles. The van der Waals surface area contributed by atoms with Crippen LogP contribution in [0.2, 0.25) is 0 Å². The van der Waals surface area contributed by atoms with Crippen LogP contribution < -0.4 is 4.90 Å². The maximum atomic E-state index is 13.7. The van der Waals surface area contributed by atoms with E-state index < -0.39 is 21.0 Å². The molecule has 1 atom stereocenters. The van der Waals surface area contributed by atoms with E-state index in [1.165, 1.54) is 16.4 Å². The number of sulfonamides is 1. The fourth-order valence-corrected chi connectivity index (χ4v) is 6.34. The van der Waals surface area contributed by atoms with Crippen LogP contribution in [0.15, 0.2) is 53.4 Å². The van der Waals surface area contributed by atoms with Gasteiger partial charge in [0, 0.05) is 57.0 Å². The smallest absolute Gasteiger partial charge is 0.269 e. The molecule has 0 N–H and O–H groups in total. The number of nitro benzene ring substituents is 1. The molecule has 2 fully saturated rings. The van der Waals surface area contributed by atoms with Crippen molar-refractivity contribution in [3.63, 3.8) is 0 Å². The van der Waals surface area contributed by atoms with Crippen LogP contribution in [-0.4, -0.2) is 67.2 Å². The van der Waals surface area contributed by atoms with Gasteiger partial charge in [-0.1, -0.05) is 32.9 Å². The Morgan fingerprint density at radius 3 is 2.20 bits per heavy atom. The molecule has 0 aromatic heterocycles. The fraction of sp³-hybridized carbons (Fsp3) is 0.480. The quantitative estimate of drug-likeness (QED) is 0.445. The van der Waals surface area contributed by atoms with Gasteiger partial charge in [0.05, 0.1) is 15.9 Å². The molecule has 0 radical (unpaired) electrons. The minimum Gasteiger partial charge on any atom is -0.369 e. The maximum Gasteiger partial charge on any atom is 0.269 e. The molecule has 188 valence electrons. The van der Waals surface area contributed by atoms with E-state index in [4.69, 9.17) is 0 Å². The highest BCUT2D eigenvalue weighted by atomic mass is 32.2. The van der Waals surface area contributed by atoms with E-state index >= 15 is 0 Å². The number of nitrogens with zero attached hydrogens (tertiary/aromatic N) is 4. The fourth-order valence-electron chi connectivity index (χ4n) is 4.74. The van der Waals surface area contributed by atoms with Crippen LogP contribution in [-0.2, 0) is 20.2 Å². The lowest BCUT2D eigenvalue weighted by molar-refractivity contribution is -0.384. The van der Waals surface area contributed by atoms with E-state index in [1.807, 2.05) is 17.0 Å². The Morgan fingerprint density at radius 1 is 1.00 bits per heavy atom. The van der Waals surface area contributed by atoms with E-state index in [-0.39, 0.29) is 28.4 Å². The Hall–Kier alpha value is -2.98. The lowest BCUT2D eigenvalue weighted by Gasteiger charge is -2.42. The Kier molecular flexibility index (Phi) is 6.88. The molecule has 0 aliphatic carbocycles. The number of carbonyl (C=O) groups excluding carboxylic acids is 1. The van der Waals surface area contributed by atoms with E-state index in [1.54, 1.807) is 29.2 Å². The average Bonchev–Trinajstić information content (AvgIpc) is 3.22. The van der Waals surface area contributed by atoms with E-state index in [9.17, 15) is 23.3 Å². The second kappa shape index (κ2) is 9.58. The molecule has 4 rings (SSSR count). The number of hydrogen-bond donors (Lipinski definition) is 0. The van der Waals surface area contributed by atoms with Crippen molar-refractivity contribution in [2.24, 2.45) is 0 Å². The Bertz CT molecular complexity index is 1190. The zero-order chi connectivity index (χ0) is 25.4. The first-order chi connectivity index (χ1) is 16.5. The first-order valence-electron chi connectivity index (χ1n) is 11.9. The highest BCUT2D eigenvalue weighted by Gasteiger charge is 2.38. The molecule has 2 aromatic carbocycles. The van der Waals surface area contributed by atoms with Crippen LogP contribution >= 0.6 is 0 Å². The standard InChI is InChI=1S/C25H32N4O5S/c1-25(2,3)19-6-12-23(13-7-19)35(33,34)28-16-15-26(20-8-10-21(11-9-20)29(31)32)17-22(28)18-27-14-4-5-24(27)30/h6-13,22H,4-5,14-18H2,1-3H3. The third-order valence-electron chi connectivity index (χ3n) is 6.78. The summed E-state index contributed by atoms with van der Waals surface area (Å²) in [7, 11) is -3.78. The summed E-state index contributed by atoms with van der Waals surface area (Å²) in [5.41, 5.74) is 1.77. The van der Waals surface area contributed by atoms with Crippen molar-refractivity contribution in [3.05, 3.63) is 64.2 Å². The number of nitro groups is 1. The van der Waals surface area contributed by atoms with E-state index in [2.05, 4.69) is 20.8 Å². The SMILES string of the molecule is CC(C)(C)c1ccc(S(=O)(=O)N2CCN(c3ccc([N+](=O)[O-])cc3)CC2CN2CCCC2=O)cc1. The normalized spacial score (nSPS) is 19.9. The summed E-state index contributed by atoms with van der Waals surface area (Å²) >= 11 is 0. The second-order valence-corrected chi connectivity index (χ2v) is 12.1. The van der Waals surface area contributed by atoms with Crippen LogP contribution in [0.4, 0.5) is 11.4 Å². The first-order valence-corrected chi connectivity index (χ1v) is 13.3. The van der Waals surface area contributed by atoms with Gasteiger partial charge in [0.2, 0.25) is 15.9 Å². The highest BCUT2D eigenvalue weighted by molar-refractivity contribution is 7.89. The van der Waals surface area contributed by atoms with Crippen molar-refractivity contribution in [2.45, 2.75) is 50.0 Å². The molecule has 2 saturated heterocycles. The first kappa shape index (κ1) is 25.1. The molecule has 1 unspecified atom stereocenters. The third kappa shape index (κ3) is 5.33. The van der Waals surface area contributed by atoms with Crippen LogP contribution in [0.25, 0.3) is 0 Å². The van der Waals surface area contributed by atoms with Crippen LogP contribution in [0, 0.1) is 10.1 Å². The molecular formula is C25H32N4O5S. The van der Waals surface area contributed by atoms with Crippen molar-refractivity contribution < 1.29 is 18.1 Å². The lowest BCUT2D eigenvalue weighted by atomic mass is 9.87. The number of hydrogen-bond acceptors (Lipinski definition) is 6. The van der Waals surface area contributed by atoms with Gasteiger partial charge in [-0.05, 0) is 41.7 Å². The molecule has 0 saturated carbocycles. The summed E-state index contributed by atoms with van der Waals surface area (Å²) in [5, 5.41) is 11.0. The Labute approximate surface area is 206 Å². The average molecular weight is 501 g/mol. The number of benzene rings is 2. The minimum absolute atomic E-state index is 0.00730. The molecule has 2 aliphatic heterocycles. The van der Waals surface area contributed by atoms with Crippen molar-refractivity contribution in [2.75, 3.05) is 37.6 Å². The number of non-ortho nitro benzene ring substituents is 1. The van der Waals surface area contributed by atoms with Gasteiger partial charge in [-0.3, -0.25) is 14.9 Å². The topological polar surface area (TPSA) is 104 Å². The molecule has 0 bridgehead atoms. The monoisotopic (exact) mass is 500 g/mol. The summed E-state index contributed by atoms with van der Waals surface area (Å²) < 4.78 is 28.9. The van der Waals surface area contributed by atoms with Crippen molar-refractivity contribution in [1.82, 2.24) is 9.21 Å². The minimum atomic E-state index is -3.78. The number of anilines is 1. The van der Waals surface area contributed by atoms with Crippen LogP contribution in [0.1, 0.15) is 39.2 Å². The Balaban J connectivity index is 1.61. The molecule has 2 aromatic rings. The van der Waals surface area contributed by atoms with E-state index in [0.29, 0.717) is 32.6 Å². The van der Waals surface area contributed by atoms with Gasteiger partial charge in [0.25, 0.3) is 5.69 Å². The van der Waals surface area contributed by atoms with Gasteiger partial charge < -0.3 is 9.80 Å². The Morgan fingerprint density at radius 2 is 1.66 bits per heavy atom. The predicted molar refractivity (Wildman–Crippen MR) is 134 cm³/mol. The van der Waals surface area contributed by atoms with Gasteiger partial charge in [0.1, 0.15) is 0 Å². The van der Waals surface area contributed by atoms with Crippen molar-refractivity contribution >= 4 is 27.3 Å². The summed E-state index contributed by atoms with van der Waals surface area (Å²) in [6.45, 7) is 8.28. The third-order valence-corrected chi connectivity index (χ3v) is 8.75. The van der Waals surface area contributed by atoms with Gasteiger partial charge in [-0.15, -0.1) is 0 Å². The zero-order valence-corrected chi connectivity index (χ0v) is 21.2. The largest absolute Gasteiger partial charge is 0.369 e. The van der Waals surface area contributed by atoms with Gasteiger partial charge in [-0.2, -0.15) is 4.31 Å². The van der Waals surface area contributed by atoms with Crippen molar-refractivity contribution in [3.8, 4) is 0 Å². The molecule has 9 nitrogen and oxygen atoms in total. The summed E-state index contributed by atoms with van der Waals surface area (Å²) in [5.74, 6) is 0.0457. The number of amides is 1. The van der Waals surface area contributed by atoms with Crippen molar-refractivity contribution in [1.29, 1.82) is 0 Å². The van der Waals surface area contributed by atoms with E-state index in [0.717, 1.165) is 17.7 Å². The van der Waals surface area contributed by atoms with Gasteiger partial charge in [0.15, 0.2) is 0 Å². The number of likely N-dealkylation sites (tertiary alicyclic amines) is 1. The molecule has 1 amide bonds. The highest BCUT2D eigenvalue weighted by Crippen LogP contribution is 2.29. The second-order valence-electron chi connectivity index (χ2n) is 10.2. The van der Waals surface area contributed by atoms with Gasteiger partial charge in [-0.25, -0.2) is 8.42 Å². The van der Waals surface area contributed by atoms with Gasteiger partial charge >= 0.3 is 0 Å². The molecular weight excluding hydrogens is 468 g/mol. The molecule has 10 heteroatoms. The molecule has 35 heavy (non-hydrogen) atoms. The predicted octanol–water partition coefficient (Wildman–Crippen LogP) is 3.39. The lowest BCUT2D eigenvalue weighted by Crippen LogP contribution is -2.58. The number of piperazine rings is 1. The zero-order valence-electron chi connectivity index (χ0n) is 20.4. The maximum absolute atomic E-state index is 13.7. The number of carbonyl (C=O) groups is 1. The summed E-state index contributed by atoms with van der Waals surface area (Å²) in [6.07, 6.45) is 1.26. The summed E-state index contributed by atoms with van der Waals surface area (Å²) in [4.78, 5) is 26.9. The van der Waals surface area contributed by atoms with Crippen LogP contribution in [0.3, 0.4) is 0 Å². The van der Waals surface area contributed by atoms with Crippen LogP contribution in [0.5, 0.6) is 0 Å². The summed E-state index contributed by atoms with van der Waals surface area (Å²) in [6, 6.07) is 12.9.